The van der Waals surface area contributed by atoms with E-state index in [9.17, 15) is 5.11 Å². The second-order valence-electron chi connectivity index (χ2n) is 5.40. The second-order valence-corrected chi connectivity index (χ2v) is 5.40. The smallest absolute Gasteiger partial charge is 0.118 e. The first-order valence-electron chi connectivity index (χ1n) is 7.42. The summed E-state index contributed by atoms with van der Waals surface area (Å²) in [6, 6.07) is 13.7. The summed E-state index contributed by atoms with van der Waals surface area (Å²) in [7, 11) is 1.63. The number of nitrogens with zero attached hydrogens (tertiary/aromatic N) is 3. The summed E-state index contributed by atoms with van der Waals surface area (Å²) in [6.45, 7) is 3.96. The van der Waals surface area contributed by atoms with Crippen molar-refractivity contribution in [3.8, 4) is 22.7 Å². The number of rotatable bonds is 4. The van der Waals surface area contributed by atoms with Gasteiger partial charge in [-0.25, -0.2) is 4.68 Å². The molecule has 0 atom stereocenters. The van der Waals surface area contributed by atoms with Gasteiger partial charge in [-0.15, -0.1) is 5.10 Å². The average molecular weight is 309 g/mol. The Hall–Kier alpha value is -2.66. The van der Waals surface area contributed by atoms with Gasteiger partial charge in [0.05, 0.1) is 19.4 Å². The van der Waals surface area contributed by atoms with Gasteiger partial charge in [-0.2, -0.15) is 0 Å². The van der Waals surface area contributed by atoms with E-state index < -0.39 is 0 Å². The van der Waals surface area contributed by atoms with Crippen molar-refractivity contribution >= 4 is 0 Å². The molecule has 118 valence electrons. The van der Waals surface area contributed by atoms with Crippen molar-refractivity contribution in [3.63, 3.8) is 0 Å². The quantitative estimate of drug-likeness (QED) is 0.804. The highest BCUT2D eigenvalue weighted by molar-refractivity contribution is 5.66. The molecule has 23 heavy (non-hydrogen) atoms. The van der Waals surface area contributed by atoms with E-state index in [1.807, 2.05) is 36.4 Å². The fourth-order valence-electron chi connectivity index (χ4n) is 2.59. The van der Waals surface area contributed by atoms with Crippen molar-refractivity contribution in [2.24, 2.45) is 0 Å². The van der Waals surface area contributed by atoms with Crippen LogP contribution in [0.3, 0.4) is 0 Å². The molecule has 1 heterocycles. The van der Waals surface area contributed by atoms with Crippen LogP contribution in [0.15, 0.2) is 42.5 Å². The van der Waals surface area contributed by atoms with Crippen molar-refractivity contribution in [1.29, 1.82) is 0 Å². The molecular formula is C18H19N3O2. The number of aryl methyl sites for hydroxylation is 1. The van der Waals surface area contributed by atoms with Crippen molar-refractivity contribution in [1.82, 2.24) is 15.0 Å². The van der Waals surface area contributed by atoms with Gasteiger partial charge in [-0.3, -0.25) is 0 Å². The van der Waals surface area contributed by atoms with Crippen LogP contribution in [0.25, 0.3) is 16.9 Å². The highest BCUT2D eigenvalue weighted by Gasteiger charge is 2.17. The molecule has 0 spiro atoms. The lowest BCUT2D eigenvalue weighted by atomic mass is 10.1. The van der Waals surface area contributed by atoms with Crippen molar-refractivity contribution < 1.29 is 9.84 Å². The van der Waals surface area contributed by atoms with E-state index in [0.29, 0.717) is 5.69 Å². The fourth-order valence-corrected chi connectivity index (χ4v) is 2.59. The van der Waals surface area contributed by atoms with E-state index in [-0.39, 0.29) is 6.61 Å². The first kappa shape index (κ1) is 15.2. The number of aliphatic hydroxyl groups excluding tert-OH is 1. The Balaban J connectivity index is 2.19. The van der Waals surface area contributed by atoms with E-state index in [2.05, 4.69) is 30.2 Å². The van der Waals surface area contributed by atoms with E-state index in [4.69, 9.17) is 4.74 Å². The van der Waals surface area contributed by atoms with Gasteiger partial charge in [0.2, 0.25) is 0 Å². The Bertz CT molecular complexity index is 823. The van der Waals surface area contributed by atoms with E-state index in [1.54, 1.807) is 11.8 Å². The van der Waals surface area contributed by atoms with Crippen molar-refractivity contribution in [3.05, 3.63) is 59.3 Å². The molecule has 0 aliphatic heterocycles. The molecule has 0 saturated carbocycles. The summed E-state index contributed by atoms with van der Waals surface area (Å²) in [5.74, 6) is 0.782. The molecule has 0 amide bonds. The van der Waals surface area contributed by atoms with Crippen LogP contribution in [0.1, 0.15) is 16.8 Å². The minimum absolute atomic E-state index is 0.160. The molecule has 0 radical (unpaired) electrons. The van der Waals surface area contributed by atoms with Crippen LogP contribution in [0, 0.1) is 13.8 Å². The third-order valence-electron chi connectivity index (χ3n) is 4.06. The highest BCUT2D eigenvalue weighted by atomic mass is 16.5. The highest BCUT2D eigenvalue weighted by Crippen LogP contribution is 2.28. The molecule has 2 aromatic carbocycles. The molecule has 5 nitrogen and oxygen atoms in total. The van der Waals surface area contributed by atoms with E-state index in [1.165, 1.54) is 5.56 Å². The number of hydrogen-bond acceptors (Lipinski definition) is 4. The number of methoxy groups -OCH3 is 1. The Kier molecular flexibility index (Phi) is 4.12. The van der Waals surface area contributed by atoms with Crippen LogP contribution in [-0.4, -0.2) is 27.2 Å². The average Bonchev–Trinajstić information content (AvgIpc) is 3.01. The molecule has 0 bridgehead atoms. The molecule has 0 fully saturated rings. The molecule has 1 aromatic heterocycles. The summed E-state index contributed by atoms with van der Waals surface area (Å²) in [4.78, 5) is 0. The Labute approximate surface area is 135 Å². The van der Waals surface area contributed by atoms with E-state index in [0.717, 1.165) is 28.3 Å². The summed E-state index contributed by atoms with van der Waals surface area (Å²) < 4.78 is 6.99. The maximum absolute atomic E-state index is 9.62. The number of ether oxygens (including phenoxy) is 1. The predicted octanol–water partition coefficient (Wildman–Crippen LogP) is 3.05. The molecule has 0 unspecified atom stereocenters. The summed E-state index contributed by atoms with van der Waals surface area (Å²) in [5.41, 5.74) is 5.56. The van der Waals surface area contributed by atoms with Crippen LogP contribution in [-0.2, 0) is 6.61 Å². The van der Waals surface area contributed by atoms with E-state index >= 15 is 0 Å². The zero-order valence-corrected chi connectivity index (χ0v) is 13.4. The molecule has 3 rings (SSSR count). The summed E-state index contributed by atoms with van der Waals surface area (Å²) in [5, 5.41) is 18.0. The maximum Gasteiger partial charge on any atom is 0.118 e. The Morgan fingerprint density at radius 1 is 1.09 bits per heavy atom. The number of aliphatic hydroxyl groups is 1. The number of hydrogen-bond donors (Lipinski definition) is 1. The summed E-state index contributed by atoms with van der Waals surface area (Å²) >= 11 is 0. The SMILES string of the molecule is COc1ccc(-c2c(CO)nnn2-c2cccc(C)c2C)cc1. The monoisotopic (exact) mass is 309 g/mol. The summed E-state index contributed by atoms with van der Waals surface area (Å²) in [6.07, 6.45) is 0. The minimum Gasteiger partial charge on any atom is -0.497 e. The molecule has 1 N–H and O–H groups in total. The standard InChI is InChI=1S/C18H19N3O2/c1-12-5-4-6-17(13(12)2)21-18(16(11-22)19-20-21)14-7-9-15(23-3)10-8-14/h4-10,22H,11H2,1-3H3. The lowest BCUT2D eigenvalue weighted by Gasteiger charge is -2.12. The normalized spacial score (nSPS) is 10.8. The van der Waals surface area contributed by atoms with Crippen LogP contribution < -0.4 is 4.74 Å². The zero-order chi connectivity index (χ0) is 16.4. The van der Waals surface area contributed by atoms with Gasteiger partial charge in [0.1, 0.15) is 17.1 Å². The number of aromatic nitrogens is 3. The van der Waals surface area contributed by atoms with Crippen molar-refractivity contribution in [2.45, 2.75) is 20.5 Å². The zero-order valence-electron chi connectivity index (χ0n) is 13.4. The van der Waals surface area contributed by atoms with Crippen LogP contribution >= 0.6 is 0 Å². The topological polar surface area (TPSA) is 60.2 Å². The van der Waals surface area contributed by atoms with Crippen LogP contribution in [0.5, 0.6) is 5.75 Å². The number of benzene rings is 2. The van der Waals surface area contributed by atoms with Gasteiger partial charge in [-0.05, 0) is 55.3 Å². The van der Waals surface area contributed by atoms with Gasteiger partial charge in [0.25, 0.3) is 0 Å². The van der Waals surface area contributed by atoms with Gasteiger partial charge < -0.3 is 9.84 Å². The lowest BCUT2D eigenvalue weighted by Crippen LogP contribution is -2.03. The third kappa shape index (κ3) is 2.71. The van der Waals surface area contributed by atoms with Gasteiger partial charge in [0, 0.05) is 5.56 Å². The maximum atomic E-state index is 9.62. The Morgan fingerprint density at radius 3 is 2.48 bits per heavy atom. The molecule has 5 heteroatoms. The first-order chi connectivity index (χ1) is 11.2. The van der Waals surface area contributed by atoms with Crippen LogP contribution in [0.2, 0.25) is 0 Å². The Morgan fingerprint density at radius 2 is 1.83 bits per heavy atom. The third-order valence-corrected chi connectivity index (χ3v) is 4.06. The minimum atomic E-state index is -0.160. The molecular weight excluding hydrogens is 290 g/mol. The molecule has 0 aliphatic carbocycles. The first-order valence-corrected chi connectivity index (χ1v) is 7.42. The second kappa shape index (κ2) is 6.22. The largest absolute Gasteiger partial charge is 0.497 e. The van der Waals surface area contributed by atoms with Crippen molar-refractivity contribution in [2.75, 3.05) is 7.11 Å². The predicted molar refractivity (Wildman–Crippen MR) is 88.7 cm³/mol. The van der Waals surface area contributed by atoms with Gasteiger partial charge in [-0.1, -0.05) is 17.3 Å². The fraction of sp³-hybridized carbons (Fsp3) is 0.222. The molecule has 3 aromatic rings. The molecule has 0 aliphatic rings. The van der Waals surface area contributed by atoms with Gasteiger partial charge >= 0.3 is 0 Å². The van der Waals surface area contributed by atoms with Gasteiger partial charge in [0.15, 0.2) is 0 Å². The molecule has 0 saturated heterocycles. The van der Waals surface area contributed by atoms with Crippen LogP contribution in [0.4, 0.5) is 0 Å². The lowest BCUT2D eigenvalue weighted by molar-refractivity contribution is 0.277.